The summed E-state index contributed by atoms with van der Waals surface area (Å²) in [4.78, 5) is 4.46. The van der Waals surface area contributed by atoms with E-state index in [0.29, 0.717) is 11.1 Å². The fourth-order valence-electron chi connectivity index (χ4n) is 7.94. The molecular weight excluding hydrogens is 669 g/mol. The van der Waals surface area contributed by atoms with Crippen LogP contribution >= 0.6 is 0 Å². The Bertz CT molecular complexity index is 2050. The summed E-state index contributed by atoms with van der Waals surface area (Å²) in [6.45, 7) is 6.17. The van der Waals surface area contributed by atoms with Gasteiger partial charge in [0, 0.05) is 70.7 Å². The van der Waals surface area contributed by atoms with E-state index in [0.717, 1.165) is 83.8 Å². The van der Waals surface area contributed by atoms with Gasteiger partial charge in [-0.05, 0) is 48.2 Å². The van der Waals surface area contributed by atoms with Crippen LogP contribution in [0.25, 0.3) is 22.3 Å². The molecule has 7 rings (SSSR count). The highest BCUT2D eigenvalue weighted by Crippen LogP contribution is 2.53. The number of para-hydroxylation sites is 2. The number of unbranched alkanes of at least 4 members (excludes halogenated alkanes) is 2. The number of phenolic OH excluding ortho intramolecular Hbond substituents is 2. The van der Waals surface area contributed by atoms with Crippen molar-refractivity contribution in [3.05, 3.63) is 157 Å². The molecule has 3 unspecified atom stereocenters. The van der Waals surface area contributed by atoms with Crippen molar-refractivity contribution in [3.8, 4) is 33.8 Å². The standard InChI is InChI=1S/C48H50N2O4/c1-3-5-29-49(30-6-4-2)35-25-27-39(43(51)31-35)45-47(53)46(48(45)54)40-28-26-36(32-44(40)52)50(41-23-15-13-21-37(41)33-17-9-7-10-18-33)42-24-16-14-22-38(42)34-19-11-8-12-20-34/h7-28,31-32,45-48,51-54H,3-6,29-30H2,1-2H3/t45?,46?,47-,48?/m0/s1. The minimum Gasteiger partial charge on any atom is -0.508 e. The van der Waals surface area contributed by atoms with Gasteiger partial charge in [0.1, 0.15) is 11.5 Å². The van der Waals surface area contributed by atoms with Gasteiger partial charge in [-0.1, -0.05) is 136 Å². The third-order valence-electron chi connectivity index (χ3n) is 10.9. The molecule has 0 aliphatic heterocycles. The lowest BCUT2D eigenvalue weighted by Gasteiger charge is -2.47. The van der Waals surface area contributed by atoms with Crippen molar-refractivity contribution in [2.45, 2.75) is 63.6 Å². The van der Waals surface area contributed by atoms with Crippen LogP contribution in [0.15, 0.2) is 146 Å². The molecule has 1 saturated carbocycles. The van der Waals surface area contributed by atoms with E-state index in [9.17, 15) is 20.4 Å². The van der Waals surface area contributed by atoms with Crippen molar-refractivity contribution in [3.63, 3.8) is 0 Å². The van der Waals surface area contributed by atoms with E-state index in [2.05, 4.69) is 72.2 Å². The molecule has 0 spiro atoms. The molecule has 6 aromatic carbocycles. The van der Waals surface area contributed by atoms with E-state index in [-0.39, 0.29) is 11.5 Å². The molecule has 6 aromatic rings. The molecule has 4 atom stereocenters. The van der Waals surface area contributed by atoms with Gasteiger partial charge >= 0.3 is 0 Å². The number of rotatable bonds is 14. The van der Waals surface area contributed by atoms with Gasteiger partial charge in [-0.2, -0.15) is 0 Å². The zero-order valence-electron chi connectivity index (χ0n) is 31.1. The molecule has 0 aromatic heterocycles. The second-order valence-electron chi connectivity index (χ2n) is 14.3. The summed E-state index contributed by atoms with van der Waals surface area (Å²) in [7, 11) is 0. The largest absolute Gasteiger partial charge is 0.508 e. The molecule has 1 aliphatic carbocycles. The van der Waals surface area contributed by atoms with Crippen LogP contribution in [-0.4, -0.2) is 45.7 Å². The predicted molar refractivity (Wildman–Crippen MR) is 221 cm³/mol. The molecule has 6 nitrogen and oxygen atoms in total. The quantitative estimate of drug-likeness (QED) is 0.0897. The van der Waals surface area contributed by atoms with Crippen LogP contribution in [0.2, 0.25) is 0 Å². The third kappa shape index (κ3) is 7.32. The number of benzene rings is 6. The zero-order chi connectivity index (χ0) is 37.6. The fraction of sp³-hybridized carbons (Fsp3) is 0.250. The topological polar surface area (TPSA) is 87.4 Å². The van der Waals surface area contributed by atoms with E-state index in [1.807, 2.05) is 84.9 Å². The van der Waals surface area contributed by atoms with Gasteiger partial charge in [0.2, 0.25) is 0 Å². The Morgan fingerprint density at radius 3 is 1.33 bits per heavy atom. The zero-order valence-corrected chi connectivity index (χ0v) is 31.1. The Kier molecular flexibility index (Phi) is 11.3. The van der Waals surface area contributed by atoms with Gasteiger partial charge in [-0.25, -0.2) is 0 Å². The number of aliphatic hydroxyl groups excluding tert-OH is 2. The van der Waals surface area contributed by atoms with Gasteiger partial charge in [-0.3, -0.25) is 0 Å². The Morgan fingerprint density at radius 2 is 0.889 bits per heavy atom. The maximum atomic E-state index is 11.7. The van der Waals surface area contributed by atoms with Crippen LogP contribution in [0, 0.1) is 0 Å². The van der Waals surface area contributed by atoms with Gasteiger partial charge < -0.3 is 30.2 Å². The van der Waals surface area contributed by atoms with Gasteiger partial charge in [0.15, 0.2) is 0 Å². The van der Waals surface area contributed by atoms with Crippen molar-refractivity contribution < 1.29 is 20.4 Å². The Labute approximate surface area is 319 Å². The van der Waals surface area contributed by atoms with Crippen molar-refractivity contribution in [2.24, 2.45) is 0 Å². The van der Waals surface area contributed by atoms with Crippen molar-refractivity contribution in [2.75, 3.05) is 22.9 Å². The first-order chi connectivity index (χ1) is 26.4. The van der Waals surface area contributed by atoms with Crippen LogP contribution in [0.5, 0.6) is 11.5 Å². The van der Waals surface area contributed by atoms with E-state index in [1.54, 1.807) is 12.1 Å². The van der Waals surface area contributed by atoms with Crippen LogP contribution in [-0.2, 0) is 0 Å². The second-order valence-corrected chi connectivity index (χ2v) is 14.3. The highest BCUT2D eigenvalue weighted by molar-refractivity contribution is 5.93. The number of aliphatic hydroxyl groups is 2. The first-order valence-corrected chi connectivity index (χ1v) is 19.3. The van der Waals surface area contributed by atoms with Crippen molar-refractivity contribution in [1.82, 2.24) is 0 Å². The maximum absolute atomic E-state index is 11.7. The number of aromatic hydroxyl groups is 2. The highest BCUT2D eigenvalue weighted by atomic mass is 16.3. The second kappa shape index (κ2) is 16.6. The minimum absolute atomic E-state index is 0.0181. The normalized spacial score (nSPS) is 17.9. The molecule has 54 heavy (non-hydrogen) atoms. The number of phenols is 2. The molecule has 276 valence electrons. The predicted octanol–water partition coefficient (Wildman–Crippen LogP) is 10.9. The van der Waals surface area contributed by atoms with E-state index < -0.39 is 24.0 Å². The third-order valence-corrected chi connectivity index (χ3v) is 10.9. The molecule has 1 fully saturated rings. The lowest BCUT2D eigenvalue weighted by molar-refractivity contribution is -0.0797. The van der Waals surface area contributed by atoms with Crippen molar-refractivity contribution in [1.29, 1.82) is 0 Å². The van der Waals surface area contributed by atoms with Crippen LogP contribution in [0.1, 0.15) is 62.5 Å². The Balaban J connectivity index is 1.23. The summed E-state index contributed by atoms with van der Waals surface area (Å²) >= 11 is 0. The average Bonchev–Trinajstić information content (AvgIpc) is 3.21. The summed E-state index contributed by atoms with van der Waals surface area (Å²) in [5.74, 6) is -1.36. The SMILES string of the molecule is CCCCN(CCCC)c1ccc(C2C(O)C(c3ccc(N(c4ccccc4-c4ccccc4)c4ccccc4-c4ccccc4)cc3O)[C@H]2O)c(O)c1. The smallest absolute Gasteiger partial charge is 0.121 e. The summed E-state index contributed by atoms with van der Waals surface area (Å²) in [5, 5.41) is 46.0. The Morgan fingerprint density at radius 1 is 0.481 bits per heavy atom. The van der Waals surface area contributed by atoms with E-state index in [4.69, 9.17) is 0 Å². The number of hydrogen-bond acceptors (Lipinski definition) is 6. The molecular formula is C48H50N2O4. The summed E-state index contributed by atoms with van der Waals surface area (Å²) in [6.07, 6.45) is 2.29. The van der Waals surface area contributed by atoms with Crippen LogP contribution in [0.4, 0.5) is 22.7 Å². The summed E-state index contributed by atoms with van der Waals surface area (Å²) in [6, 6.07) is 48.0. The van der Waals surface area contributed by atoms with Crippen LogP contribution in [0.3, 0.4) is 0 Å². The molecule has 0 amide bonds. The Hall–Kier alpha value is -5.56. The lowest BCUT2D eigenvalue weighted by Crippen LogP contribution is -2.51. The number of anilines is 4. The average molecular weight is 719 g/mol. The van der Waals surface area contributed by atoms with Crippen LogP contribution < -0.4 is 9.80 Å². The van der Waals surface area contributed by atoms with E-state index >= 15 is 0 Å². The molecule has 0 saturated heterocycles. The first kappa shape index (κ1) is 36.8. The highest BCUT2D eigenvalue weighted by Gasteiger charge is 2.52. The van der Waals surface area contributed by atoms with E-state index in [1.165, 1.54) is 0 Å². The number of hydrogen-bond donors (Lipinski definition) is 4. The summed E-state index contributed by atoms with van der Waals surface area (Å²) in [5.41, 5.74) is 8.70. The lowest BCUT2D eigenvalue weighted by atomic mass is 9.63. The minimum atomic E-state index is -1.00. The summed E-state index contributed by atoms with van der Waals surface area (Å²) < 4.78 is 0. The van der Waals surface area contributed by atoms with Crippen molar-refractivity contribution >= 4 is 22.7 Å². The van der Waals surface area contributed by atoms with Gasteiger partial charge in [0.05, 0.1) is 23.6 Å². The molecule has 4 N–H and O–H groups in total. The molecule has 0 heterocycles. The van der Waals surface area contributed by atoms with Gasteiger partial charge in [0.25, 0.3) is 0 Å². The fourth-order valence-corrected chi connectivity index (χ4v) is 7.94. The molecule has 6 heteroatoms. The molecule has 1 aliphatic rings. The first-order valence-electron chi connectivity index (χ1n) is 19.3. The maximum Gasteiger partial charge on any atom is 0.121 e. The molecule has 0 radical (unpaired) electrons. The van der Waals surface area contributed by atoms with Gasteiger partial charge in [-0.15, -0.1) is 0 Å². The molecule has 0 bridgehead atoms. The number of nitrogens with zero attached hydrogens (tertiary/aromatic N) is 2. The monoisotopic (exact) mass is 718 g/mol.